The smallest absolute Gasteiger partial charge is 0.259 e. The molecular formula is C9H6Br2F2N2. The van der Waals surface area contributed by atoms with Gasteiger partial charge in [0.15, 0.2) is 0 Å². The number of alkyl halides is 3. The minimum absolute atomic E-state index is 0.0167. The fraction of sp³-hybridized carbons (Fsp3) is 0.333. The Hall–Kier alpha value is -0.540. The second-order valence-corrected chi connectivity index (χ2v) is 4.08. The predicted molar refractivity (Wildman–Crippen MR) is 58.8 cm³/mol. The van der Waals surface area contributed by atoms with Crippen LogP contribution in [0, 0.1) is 11.3 Å². The van der Waals surface area contributed by atoms with Crippen molar-refractivity contribution in [3.63, 3.8) is 0 Å². The topological polar surface area (TPSA) is 36.7 Å². The molecule has 0 aliphatic heterocycles. The molecular weight excluding hydrogens is 334 g/mol. The minimum Gasteiger partial charge on any atom is -0.259 e. The van der Waals surface area contributed by atoms with Crippen LogP contribution in [0.1, 0.15) is 23.2 Å². The molecule has 0 N–H and O–H groups in total. The van der Waals surface area contributed by atoms with E-state index in [0.717, 1.165) is 0 Å². The summed E-state index contributed by atoms with van der Waals surface area (Å²) in [6.45, 7) is 0. The molecule has 1 heterocycles. The standard InChI is InChI=1S/C9H6Br2F2N2/c10-3-5-4-15-6(1-2-14)8(11)7(5)9(12)13/h4,9H,1,3H2. The SMILES string of the molecule is N#CCc1ncc(CBr)c(C(F)F)c1Br. The average Bonchev–Trinajstić information content (AvgIpc) is 2.20. The van der Waals surface area contributed by atoms with Crippen molar-refractivity contribution in [3.05, 3.63) is 27.5 Å². The highest BCUT2D eigenvalue weighted by molar-refractivity contribution is 9.10. The van der Waals surface area contributed by atoms with Crippen LogP contribution in [-0.4, -0.2) is 4.98 Å². The highest BCUT2D eigenvalue weighted by Crippen LogP contribution is 2.33. The summed E-state index contributed by atoms with van der Waals surface area (Å²) >= 11 is 6.18. The largest absolute Gasteiger partial charge is 0.265 e. The van der Waals surface area contributed by atoms with E-state index in [2.05, 4.69) is 36.8 Å². The van der Waals surface area contributed by atoms with Gasteiger partial charge >= 0.3 is 0 Å². The second kappa shape index (κ2) is 5.52. The number of hydrogen-bond donors (Lipinski definition) is 0. The van der Waals surface area contributed by atoms with Crippen LogP contribution >= 0.6 is 31.9 Å². The molecule has 0 radical (unpaired) electrons. The Labute approximate surface area is 103 Å². The fourth-order valence-corrected chi connectivity index (χ4v) is 2.24. The van der Waals surface area contributed by atoms with Crippen LogP contribution in [0.25, 0.3) is 0 Å². The molecule has 0 aromatic carbocycles. The van der Waals surface area contributed by atoms with E-state index in [9.17, 15) is 8.78 Å². The van der Waals surface area contributed by atoms with E-state index in [1.54, 1.807) is 0 Å². The van der Waals surface area contributed by atoms with Gasteiger partial charge in [0.05, 0.1) is 18.2 Å². The third kappa shape index (κ3) is 2.73. The van der Waals surface area contributed by atoms with E-state index in [1.165, 1.54) is 6.20 Å². The van der Waals surface area contributed by atoms with Crippen molar-refractivity contribution in [1.82, 2.24) is 4.98 Å². The van der Waals surface area contributed by atoms with Gasteiger partial charge < -0.3 is 0 Å². The molecule has 1 aromatic heterocycles. The highest BCUT2D eigenvalue weighted by atomic mass is 79.9. The molecule has 6 heteroatoms. The maximum atomic E-state index is 12.7. The number of nitriles is 1. The molecule has 15 heavy (non-hydrogen) atoms. The zero-order valence-electron chi connectivity index (χ0n) is 7.48. The quantitative estimate of drug-likeness (QED) is 0.786. The van der Waals surface area contributed by atoms with Crippen LogP contribution in [0.15, 0.2) is 10.7 Å². The lowest BCUT2D eigenvalue weighted by atomic mass is 10.1. The third-order valence-corrected chi connectivity index (χ3v) is 3.31. The van der Waals surface area contributed by atoms with Crippen LogP contribution in [0.2, 0.25) is 0 Å². The van der Waals surface area contributed by atoms with Crippen LogP contribution in [0.4, 0.5) is 8.78 Å². The van der Waals surface area contributed by atoms with E-state index in [0.29, 0.717) is 16.6 Å². The Balaban J connectivity index is 3.30. The molecule has 1 aromatic rings. The van der Waals surface area contributed by atoms with E-state index < -0.39 is 6.43 Å². The van der Waals surface area contributed by atoms with Gasteiger partial charge in [-0.15, -0.1) is 0 Å². The Morgan fingerprint density at radius 2 is 2.20 bits per heavy atom. The fourth-order valence-electron chi connectivity index (χ4n) is 1.12. The first-order valence-electron chi connectivity index (χ1n) is 3.99. The lowest BCUT2D eigenvalue weighted by Crippen LogP contribution is -2.00. The number of hydrogen-bond acceptors (Lipinski definition) is 2. The lowest BCUT2D eigenvalue weighted by molar-refractivity contribution is 0.149. The summed E-state index contributed by atoms with van der Waals surface area (Å²) in [6, 6.07) is 1.88. The molecule has 0 aliphatic carbocycles. The minimum atomic E-state index is -2.58. The Morgan fingerprint density at radius 3 is 2.67 bits per heavy atom. The predicted octanol–water partition coefficient (Wildman–Crippen LogP) is 3.74. The molecule has 0 amide bonds. The van der Waals surface area contributed by atoms with Gasteiger partial charge in [-0.2, -0.15) is 5.26 Å². The number of rotatable bonds is 3. The summed E-state index contributed by atoms with van der Waals surface area (Å²) in [7, 11) is 0. The van der Waals surface area contributed by atoms with E-state index in [-0.39, 0.29) is 16.5 Å². The third-order valence-electron chi connectivity index (χ3n) is 1.82. The van der Waals surface area contributed by atoms with Crippen LogP contribution in [0.3, 0.4) is 0 Å². The molecule has 0 bridgehead atoms. The first-order chi connectivity index (χ1) is 7.11. The van der Waals surface area contributed by atoms with Crippen LogP contribution in [-0.2, 0) is 11.8 Å². The van der Waals surface area contributed by atoms with Crippen molar-refractivity contribution in [2.75, 3.05) is 0 Å². The maximum absolute atomic E-state index is 12.7. The summed E-state index contributed by atoms with van der Waals surface area (Å²) in [5.74, 6) is 0. The van der Waals surface area contributed by atoms with Gasteiger partial charge in [0.25, 0.3) is 6.43 Å². The Morgan fingerprint density at radius 1 is 1.53 bits per heavy atom. The highest BCUT2D eigenvalue weighted by Gasteiger charge is 2.19. The van der Waals surface area contributed by atoms with Crippen molar-refractivity contribution < 1.29 is 8.78 Å². The van der Waals surface area contributed by atoms with Crippen molar-refractivity contribution in [2.45, 2.75) is 18.2 Å². The van der Waals surface area contributed by atoms with Gasteiger partial charge in [0, 0.05) is 21.6 Å². The number of aromatic nitrogens is 1. The van der Waals surface area contributed by atoms with E-state index >= 15 is 0 Å². The van der Waals surface area contributed by atoms with Crippen molar-refractivity contribution in [3.8, 4) is 6.07 Å². The normalized spacial score (nSPS) is 10.4. The molecule has 0 atom stereocenters. The van der Waals surface area contributed by atoms with Gasteiger partial charge in [-0.3, -0.25) is 4.98 Å². The van der Waals surface area contributed by atoms with E-state index in [1.807, 2.05) is 6.07 Å². The van der Waals surface area contributed by atoms with E-state index in [4.69, 9.17) is 5.26 Å². The zero-order valence-corrected chi connectivity index (χ0v) is 10.6. The van der Waals surface area contributed by atoms with Crippen LogP contribution < -0.4 is 0 Å². The first kappa shape index (κ1) is 12.5. The molecule has 0 saturated heterocycles. The molecule has 1 rings (SSSR count). The van der Waals surface area contributed by atoms with Crippen molar-refractivity contribution in [1.29, 1.82) is 5.26 Å². The maximum Gasteiger partial charge on any atom is 0.265 e. The van der Waals surface area contributed by atoms with Gasteiger partial charge in [-0.25, -0.2) is 8.78 Å². The number of halogens is 4. The molecule has 0 aliphatic rings. The number of pyridine rings is 1. The summed E-state index contributed by atoms with van der Waals surface area (Å²) in [4.78, 5) is 3.95. The summed E-state index contributed by atoms with van der Waals surface area (Å²) < 4.78 is 25.7. The average molecular weight is 340 g/mol. The summed E-state index contributed by atoms with van der Waals surface area (Å²) in [6.07, 6.45) is -1.19. The zero-order chi connectivity index (χ0) is 11.4. The summed E-state index contributed by atoms with van der Waals surface area (Å²) in [5, 5.41) is 8.80. The van der Waals surface area contributed by atoms with Gasteiger partial charge in [0.1, 0.15) is 0 Å². The monoisotopic (exact) mass is 338 g/mol. The number of nitrogens with zero attached hydrogens (tertiary/aromatic N) is 2. The van der Waals surface area contributed by atoms with Gasteiger partial charge in [-0.1, -0.05) is 15.9 Å². The van der Waals surface area contributed by atoms with Crippen molar-refractivity contribution in [2.24, 2.45) is 0 Å². The lowest BCUT2D eigenvalue weighted by Gasteiger charge is -2.10. The molecule has 0 spiro atoms. The summed E-state index contributed by atoms with van der Waals surface area (Å²) in [5.41, 5.74) is 0.684. The van der Waals surface area contributed by atoms with Crippen molar-refractivity contribution >= 4 is 31.9 Å². The Bertz CT molecular complexity index is 402. The molecule has 0 saturated carbocycles. The molecule has 80 valence electrons. The Kier molecular flexibility index (Phi) is 4.61. The molecule has 0 unspecified atom stereocenters. The molecule has 0 fully saturated rings. The van der Waals surface area contributed by atoms with Gasteiger partial charge in [0.2, 0.25) is 0 Å². The van der Waals surface area contributed by atoms with Gasteiger partial charge in [-0.05, 0) is 21.5 Å². The second-order valence-electron chi connectivity index (χ2n) is 2.73. The first-order valence-corrected chi connectivity index (χ1v) is 5.90. The molecule has 2 nitrogen and oxygen atoms in total. The van der Waals surface area contributed by atoms with Crippen LogP contribution in [0.5, 0.6) is 0 Å².